The Morgan fingerprint density at radius 1 is 1.43 bits per heavy atom. The second-order valence-electron chi connectivity index (χ2n) is 5.28. The molecule has 0 saturated carbocycles. The van der Waals surface area contributed by atoms with E-state index < -0.39 is 11.6 Å². The average Bonchev–Trinajstić information content (AvgIpc) is 2.48. The Labute approximate surface area is 123 Å². The number of methoxy groups -OCH3 is 1. The van der Waals surface area contributed by atoms with Gasteiger partial charge in [-0.1, -0.05) is 19.4 Å². The van der Waals surface area contributed by atoms with Crippen LogP contribution in [0.25, 0.3) is 0 Å². The first kappa shape index (κ1) is 15.4. The minimum Gasteiger partial charge on any atom is -0.508 e. The molecule has 1 aromatic rings. The van der Waals surface area contributed by atoms with E-state index in [9.17, 15) is 14.7 Å². The summed E-state index contributed by atoms with van der Waals surface area (Å²) in [6, 6.07) is 3.40. The summed E-state index contributed by atoms with van der Waals surface area (Å²) in [5, 5.41) is 10.0. The third-order valence-corrected chi connectivity index (χ3v) is 3.92. The molecule has 0 fully saturated rings. The summed E-state index contributed by atoms with van der Waals surface area (Å²) in [4.78, 5) is 24.1. The van der Waals surface area contributed by atoms with Gasteiger partial charge in [-0.2, -0.15) is 0 Å². The molecule has 1 N–H and O–H groups in total. The van der Waals surface area contributed by atoms with Crippen LogP contribution in [0.15, 0.2) is 12.1 Å². The number of aryl methyl sites for hydroxylation is 1. The van der Waals surface area contributed by atoms with Crippen molar-refractivity contribution >= 4 is 11.8 Å². The molecule has 114 valence electrons. The number of Topliss-reactive ketones (excluding diaryl/α,β-unsaturated/α-hetero) is 1. The van der Waals surface area contributed by atoms with Crippen LogP contribution >= 0.6 is 0 Å². The number of ether oxygens (including phenoxy) is 2. The average molecular weight is 292 g/mol. The van der Waals surface area contributed by atoms with Crippen LogP contribution in [0.4, 0.5) is 0 Å². The Balaban J connectivity index is 2.53. The van der Waals surface area contributed by atoms with E-state index in [1.54, 1.807) is 12.1 Å². The zero-order chi connectivity index (χ0) is 15.6. The number of rotatable bonds is 4. The van der Waals surface area contributed by atoms with E-state index >= 15 is 0 Å². The molecule has 5 nitrogen and oxygen atoms in total. The minimum absolute atomic E-state index is 0.125. The molecule has 5 heteroatoms. The van der Waals surface area contributed by atoms with Crippen LogP contribution in [0.3, 0.4) is 0 Å². The number of fused-ring (bicyclic) bond motifs is 1. The molecule has 0 saturated heterocycles. The van der Waals surface area contributed by atoms with Gasteiger partial charge in [0, 0.05) is 12.0 Å². The zero-order valence-electron chi connectivity index (χ0n) is 12.6. The summed E-state index contributed by atoms with van der Waals surface area (Å²) in [5.74, 6) is -0.499. The molecule has 0 aliphatic carbocycles. The Hall–Kier alpha value is -2.04. The Morgan fingerprint density at radius 3 is 2.71 bits per heavy atom. The lowest BCUT2D eigenvalue weighted by Crippen LogP contribution is -2.53. The molecule has 1 aromatic carbocycles. The second kappa shape index (κ2) is 5.76. The van der Waals surface area contributed by atoms with Crippen molar-refractivity contribution in [2.75, 3.05) is 7.11 Å². The number of esters is 1. The van der Waals surface area contributed by atoms with Crippen LogP contribution in [0, 0.1) is 0 Å². The monoisotopic (exact) mass is 292 g/mol. The summed E-state index contributed by atoms with van der Waals surface area (Å²) < 4.78 is 10.6. The summed E-state index contributed by atoms with van der Waals surface area (Å²) in [6.07, 6.45) is 2.21. The number of hydrogen-bond acceptors (Lipinski definition) is 5. The van der Waals surface area contributed by atoms with Gasteiger partial charge in [0.1, 0.15) is 11.5 Å². The third kappa shape index (κ3) is 2.48. The number of hydrogen-bond donors (Lipinski definition) is 1. The van der Waals surface area contributed by atoms with E-state index in [1.807, 2.05) is 6.92 Å². The van der Waals surface area contributed by atoms with E-state index in [-0.39, 0.29) is 18.0 Å². The van der Waals surface area contributed by atoms with Gasteiger partial charge in [0.2, 0.25) is 0 Å². The number of ketones is 1. The van der Waals surface area contributed by atoms with Crippen molar-refractivity contribution in [1.29, 1.82) is 0 Å². The molecule has 1 unspecified atom stereocenters. The zero-order valence-corrected chi connectivity index (χ0v) is 12.6. The van der Waals surface area contributed by atoms with Gasteiger partial charge in [-0.3, -0.25) is 4.79 Å². The molecule has 0 aromatic heterocycles. The molecule has 21 heavy (non-hydrogen) atoms. The molecule has 1 aliphatic rings. The molecular formula is C16H20O5. The number of carbonyl (C=O) groups excluding carboxylic acids is 2. The maximum atomic E-state index is 12.1. The van der Waals surface area contributed by atoms with Gasteiger partial charge in [0.25, 0.3) is 5.60 Å². The van der Waals surface area contributed by atoms with E-state index in [0.717, 1.165) is 12.0 Å². The van der Waals surface area contributed by atoms with Crippen LogP contribution in [0.1, 0.15) is 37.8 Å². The van der Waals surface area contributed by atoms with Gasteiger partial charge in [-0.05, 0) is 31.4 Å². The van der Waals surface area contributed by atoms with E-state index in [1.165, 1.54) is 14.0 Å². The highest BCUT2D eigenvalue weighted by Gasteiger charge is 2.50. The van der Waals surface area contributed by atoms with Gasteiger partial charge in [0.05, 0.1) is 7.11 Å². The van der Waals surface area contributed by atoms with Gasteiger partial charge in [-0.25, -0.2) is 4.79 Å². The molecule has 1 atom stereocenters. The Kier molecular flexibility index (Phi) is 4.21. The molecule has 0 spiro atoms. The highest BCUT2D eigenvalue weighted by Crippen LogP contribution is 2.41. The highest BCUT2D eigenvalue weighted by molar-refractivity contribution is 6.06. The van der Waals surface area contributed by atoms with Crippen molar-refractivity contribution in [2.45, 2.75) is 45.1 Å². The van der Waals surface area contributed by atoms with Crippen molar-refractivity contribution in [3.05, 3.63) is 23.3 Å². The third-order valence-electron chi connectivity index (χ3n) is 3.92. The quantitative estimate of drug-likeness (QED) is 0.680. The van der Waals surface area contributed by atoms with Gasteiger partial charge in [-0.15, -0.1) is 0 Å². The van der Waals surface area contributed by atoms with Crippen LogP contribution < -0.4 is 4.74 Å². The number of benzene rings is 1. The van der Waals surface area contributed by atoms with Gasteiger partial charge >= 0.3 is 5.97 Å². The first-order valence-corrected chi connectivity index (χ1v) is 7.08. The first-order valence-electron chi connectivity index (χ1n) is 7.08. The van der Waals surface area contributed by atoms with E-state index in [4.69, 9.17) is 9.47 Å². The van der Waals surface area contributed by atoms with Crippen molar-refractivity contribution < 1.29 is 24.2 Å². The van der Waals surface area contributed by atoms with E-state index in [0.29, 0.717) is 24.2 Å². The predicted molar refractivity (Wildman–Crippen MR) is 76.5 cm³/mol. The lowest BCUT2D eigenvalue weighted by molar-refractivity contribution is -0.165. The summed E-state index contributed by atoms with van der Waals surface area (Å²) in [5.41, 5.74) is -0.0563. The lowest BCUT2D eigenvalue weighted by atomic mass is 9.86. The molecule has 1 heterocycles. The maximum absolute atomic E-state index is 12.1. The van der Waals surface area contributed by atoms with Gasteiger partial charge in [0.15, 0.2) is 5.78 Å². The van der Waals surface area contributed by atoms with Crippen molar-refractivity contribution in [3.8, 4) is 11.5 Å². The number of phenols is 1. The second-order valence-corrected chi connectivity index (χ2v) is 5.28. The molecule has 2 rings (SSSR count). The lowest BCUT2D eigenvalue weighted by Gasteiger charge is -2.35. The van der Waals surface area contributed by atoms with Crippen molar-refractivity contribution in [2.24, 2.45) is 0 Å². The fraction of sp³-hybridized carbons (Fsp3) is 0.500. The smallest absolute Gasteiger partial charge is 0.358 e. The molecular weight excluding hydrogens is 272 g/mol. The van der Waals surface area contributed by atoms with Crippen molar-refractivity contribution in [3.63, 3.8) is 0 Å². The maximum Gasteiger partial charge on any atom is 0.358 e. The van der Waals surface area contributed by atoms with Crippen LogP contribution in [0.2, 0.25) is 0 Å². The summed E-state index contributed by atoms with van der Waals surface area (Å²) in [7, 11) is 1.24. The molecule has 0 bridgehead atoms. The molecule has 0 radical (unpaired) electrons. The fourth-order valence-electron chi connectivity index (χ4n) is 2.72. The fourth-order valence-corrected chi connectivity index (χ4v) is 2.72. The SMILES string of the molecule is CCCc1c(O)ccc2c1OC(C(C)=O)(C(=O)OC)CC2. The largest absolute Gasteiger partial charge is 0.508 e. The first-order chi connectivity index (χ1) is 9.96. The number of phenolic OH excluding ortho intramolecular Hbond substituents is 1. The predicted octanol–water partition coefficient (Wildman–Crippen LogP) is 2.17. The normalized spacial score (nSPS) is 20.3. The van der Waals surface area contributed by atoms with Crippen molar-refractivity contribution in [1.82, 2.24) is 0 Å². The minimum atomic E-state index is -1.60. The van der Waals surface area contributed by atoms with Crippen LogP contribution in [-0.4, -0.2) is 29.6 Å². The van der Waals surface area contributed by atoms with E-state index in [2.05, 4.69) is 0 Å². The molecule has 0 amide bonds. The summed E-state index contributed by atoms with van der Waals surface area (Å²) >= 11 is 0. The Bertz CT molecular complexity index is 578. The number of aromatic hydroxyl groups is 1. The summed E-state index contributed by atoms with van der Waals surface area (Å²) in [6.45, 7) is 3.31. The number of carbonyl (C=O) groups is 2. The highest BCUT2D eigenvalue weighted by atomic mass is 16.6. The standard InChI is InChI=1S/C16H20O5/c1-4-5-12-13(18)7-6-11-8-9-16(10(2)17,15(19)20-3)21-14(11)12/h6-7,18H,4-5,8-9H2,1-3H3. The molecule has 1 aliphatic heterocycles. The Morgan fingerprint density at radius 2 is 2.14 bits per heavy atom. The van der Waals surface area contributed by atoms with Gasteiger partial charge < -0.3 is 14.6 Å². The van der Waals surface area contributed by atoms with Crippen LogP contribution in [0.5, 0.6) is 11.5 Å². The topological polar surface area (TPSA) is 72.8 Å². The van der Waals surface area contributed by atoms with Crippen LogP contribution in [-0.2, 0) is 27.2 Å².